The van der Waals surface area contributed by atoms with Crippen LogP contribution in [-0.2, 0) is 0 Å². The molecular formula is C42H27N2OSe. The molecule has 0 amide bonds. The molecule has 0 aliphatic heterocycles. The van der Waals surface area contributed by atoms with E-state index >= 15 is 0 Å². The number of fused-ring (bicyclic) bond motifs is 6. The first kappa shape index (κ1) is 26.8. The van der Waals surface area contributed by atoms with Crippen LogP contribution in [0.15, 0.2) is 168 Å². The quantitative estimate of drug-likeness (QED) is 0.172. The zero-order valence-electron chi connectivity index (χ0n) is 24.8. The van der Waals surface area contributed by atoms with E-state index in [9.17, 15) is 0 Å². The van der Waals surface area contributed by atoms with Gasteiger partial charge in [-0.1, -0.05) is 0 Å². The number of hydrogen-bond donors (Lipinski definition) is 0. The maximum absolute atomic E-state index is 6.37. The molecule has 0 atom stereocenters. The van der Waals surface area contributed by atoms with Gasteiger partial charge in [-0.3, -0.25) is 0 Å². The summed E-state index contributed by atoms with van der Waals surface area (Å²) in [5.41, 5.74) is 10.8. The van der Waals surface area contributed by atoms with Gasteiger partial charge in [-0.05, 0) is 0 Å². The number of furan rings is 1. The molecule has 46 heavy (non-hydrogen) atoms. The third kappa shape index (κ3) is 4.27. The summed E-state index contributed by atoms with van der Waals surface area (Å²) >= 11 is 3.36. The Bertz CT molecular complexity index is 2550. The Hall–Kier alpha value is -5.54. The first-order valence-corrected chi connectivity index (χ1v) is 16.3. The second-order valence-electron chi connectivity index (χ2n) is 11.5. The predicted molar refractivity (Wildman–Crippen MR) is 194 cm³/mol. The van der Waals surface area contributed by atoms with E-state index in [0.29, 0.717) is 0 Å². The van der Waals surface area contributed by atoms with Crippen molar-refractivity contribution < 1.29 is 4.42 Å². The van der Waals surface area contributed by atoms with Crippen molar-refractivity contribution in [1.82, 2.24) is 4.57 Å². The molecule has 4 heteroatoms. The van der Waals surface area contributed by atoms with Gasteiger partial charge < -0.3 is 0 Å². The van der Waals surface area contributed by atoms with Gasteiger partial charge in [0.15, 0.2) is 0 Å². The van der Waals surface area contributed by atoms with Crippen molar-refractivity contribution in [3.05, 3.63) is 164 Å². The predicted octanol–water partition coefficient (Wildman–Crippen LogP) is 10.6. The third-order valence-electron chi connectivity index (χ3n) is 8.86. The molecule has 9 rings (SSSR count). The molecule has 2 heterocycles. The molecule has 3 nitrogen and oxygen atoms in total. The number of anilines is 3. The van der Waals surface area contributed by atoms with Gasteiger partial charge in [0.25, 0.3) is 0 Å². The normalized spacial score (nSPS) is 11.6. The van der Waals surface area contributed by atoms with Gasteiger partial charge in [-0.15, -0.1) is 0 Å². The molecule has 217 valence electrons. The van der Waals surface area contributed by atoms with E-state index in [2.05, 4.69) is 177 Å². The minimum atomic E-state index is 0.868. The molecule has 0 bridgehead atoms. The molecule has 0 aliphatic carbocycles. The third-order valence-corrected chi connectivity index (χ3v) is 9.57. The van der Waals surface area contributed by atoms with Gasteiger partial charge >= 0.3 is 276 Å². The summed E-state index contributed by atoms with van der Waals surface area (Å²) in [7, 11) is 0. The Morgan fingerprint density at radius 3 is 1.98 bits per heavy atom. The molecule has 0 aliphatic rings. The van der Waals surface area contributed by atoms with Crippen LogP contribution in [0.3, 0.4) is 0 Å². The zero-order valence-corrected chi connectivity index (χ0v) is 26.5. The minimum absolute atomic E-state index is 0.868. The second kappa shape index (κ2) is 10.8. The van der Waals surface area contributed by atoms with Crippen molar-refractivity contribution in [2.45, 2.75) is 0 Å². The summed E-state index contributed by atoms with van der Waals surface area (Å²) in [6.45, 7) is 0. The van der Waals surface area contributed by atoms with E-state index < -0.39 is 0 Å². The fraction of sp³-hybridized carbons (Fsp3) is 0. The van der Waals surface area contributed by atoms with Crippen LogP contribution in [0.5, 0.6) is 0 Å². The van der Waals surface area contributed by atoms with E-state index in [1.165, 1.54) is 27.4 Å². The van der Waals surface area contributed by atoms with Gasteiger partial charge in [-0.2, -0.15) is 0 Å². The first-order valence-electron chi connectivity index (χ1n) is 15.4. The topological polar surface area (TPSA) is 21.3 Å². The molecule has 0 spiro atoms. The van der Waals surface area contributed by atoms with Crippen molar-refractivity contribution >= 4 is 81.3 Å². The second-order valence-corrected chi connectivity index (χ2v) is 12.4. The molecule has 0 saturated heterocycles. The van der Waals surface area contributed by atoms with E-state index in [4.69, 9.17) is 4.42 Å². The molecule has 2 aromatic heterocycles. The van der Waals surface area contributed by atoms with Crippen LogP contribution < -0.4 is 9.36 Å². The average molecular weight is 655 g/mol. The zero-order chi connectivity index (χ0) is 30.6. The summed E-state index contributed by atoms with van der Waals surface area (Å²) in [6, 6.07) is 58.0. The Morgan fingerprint density at radius 1 is 0.500 bits per heavy atom. The van der Waals surface area contributed by atoms with Crippen LogP contribution in [-0.4, -0.2) is 20.6 Å². The molecule has 1 radical (unpaired) electrons. The van der Waals surface area contributed by atoms with Crippen molar-refractivity contribution in [2.24, 2.45) is 0 Å². The molecule has 9 aromatic rings. The Kier molecular flexibility index (Phi) is 6.31. The molecule has 0 saturated carbocycles. The number of para-hydroxylation sites is 3. The Labute approximate surface area is 274 Å². The van der Waals surface area contributed by atoms with Crippen LogP contribution >= 0.6 is 0 Å². The standard InChI is InChI=1S/C42H27N2OSe/c46-41-27-31(22-24-32(41)28-12-3-1-4-13-28)43(37-19-11-21-40-42(37)35-17-8-10-20-39(35)45-40)30-23-25-34-33-16-7-9-18-36(33)44(38(34)26-30)29-14-5-2-6-15-29/h1-27H. The van der Waals surface area contributed by atoms with Gasteiger partial charge in [0.1, 0.15) is 0 Å². The number of hydrogen-bond acceptors (Lipinski definition) is 2. The van der Waals surface area contributed by atoms with Crippen molar-refractivity contribution in [2.75, 3.05) is 4.90 Å². The van der Waals surface area contributed by atoms with Crippen molar-refractivity contribution in [3.8, 4) is 16.8 Å². The molecule has 0 fully saturated rings. The summed E-state index contributed by atoms with van der Waals surface area (Å²) in [6.07, 6.45) is 0. The molecular weight excluding hydrogens is 627 g/mol. The van der Waals surface area contributed by atoms with Crippen LogP contribution in [0.4, 0.5) is 17.1 Å². The van der Waals surface area contributed by atoms with Crippen molar-refractivity contribution in [3.63, 3.8) is 0 Å². The number of rotatable bonds is 5. The van der Waals surface area contributed by atoms with Crippen LogP contribution in [0.2, 0.25) is 0 Å². The van der Waals surface area contributed by atoms with Gasteiger partial charge in [0.05, 0.1) is 0 Å². The van der Waals surface area contributed by atoms with E-state index in [1.807, 2.05) is 12.1 Å². The van der Waals surface area contributed by atoms with Crippen LogP contribution in [0, 0.1) is 0 Å². The Morgan fingerprint density at radius 2 is 1.15 bits per heavy atom. The van der Waals surface area contributed by atoms with Gasteiger partial charge in [0.2, 0.25) is 0 Å². The van der Waals surface area contributed by atoms with Crippen molar-refractivity contribution in [1.29, 1.82) is 0 Å². The van der Waals surface area contributed by atoms with E-state index in [0.717, 1.165) is 54.7 Å². The van der Waals surface area contributed by atoms with E-state index in [-0.39, 0.29) is 0 Å². The van der Waals surface area contributed by atoms with Gasteiger partial charge in [0, 0.05) is 0 Å². The average Bonchev–Trinajstić information content (AvgIpc) is 3.65. The first-order chi connectivity index (χ1) is 22.7. The summed E-state index contributed by atoms with van der Waals surface area (Å²) in [5, 5.41) is 4.65. The van der Waals surface area contributed by atoms with Gasteiger partial charge in [-0.25, -0.2) is 0 Å². The monoisotopic (exact) mass is 655 g/mol. The summed E-state index contributed by atoms with van der Waals surface area (Å²) in [5.74, 6) is 0. The maximum atomic E-state index is 6.37. The molecule has 0 N–H and O–H groups in total. The number of benzene rings is 7. The number of aromatic nitrogens is 1. The van der Waals surface area contributed by atoms with Crippen LogP contribution in [0.1, 0.15) is 0 Å². The number of nitrogens with zero attached hydrogens (tertiary/aromatic N) is 2. The fourth-order valence-corrected chi connectivity index (χ4v) is 7.47. The molecule has 7 aromatic carbocycles. The van der Waals surface area contributed by atoms with Crippen LogP contribution in [0.25, 0.3) is 60.6 Å². The molecule has 0 unspecified atom stereocenters. The van der Waals surface area contributed by atoms with E-state index in [1.54, 1.807) is 0 Å². The summed E-state index contributed by atoms with van der Waals surface area (Å²) < 4.78 is 9.83. The summed E-state index contributed by atoms with van der Waals surface area (Å²) in [4.78, 5) is 2.37. The Balaban J connectivity index is 1.33. The fourth-order valence-electron chi connectivity index (χ4n) is 6.83. The SMILES string of the molecule is [Se]c1cc(N(c2ccc3c4ccccc4n(-c4ccccc4)c3c2)c2cccc3oc4ccccc4c23)ccc1-c1ccccc1.